The lowest BCUT2D eigenvalue weighted by Gasteiger charge is -2.45. The summed E-state index contributed by atoms with van der Waals surface area (Å²) >= 11 is 0. The molecule has 0 bridgehead atoms. The summed E-state index contributed by atoms with van der Waals surface area (Å²) in [6.45, 7) is 2.95. The zero-order valence-corrected chi connectivity index (χ0v) is 13.3. The topological polar surface area (TPSA) is 44.4 Å². The van der Waals surface area contributed by atoms with E-state index in [0.29, 0.717) is 11.6 Å². The predicted molar refractivity (Wildman–Crippen MR) is 85.4 cm³/mol. The molecule has 4 nitrogen and oxygen atoms in total. The molecule has 1 spiro atoms. The van der Waals surface area contributed by atoms with Gasteiger partial charge in [-0.1, -0.05) is 32.1 Å². The highest BCUT2D eigenvalue weighted by molar-refractivity contribution is 5.74. The number of nitrogens with zero attached hydrogens (tertiary/aromatic N) is 1. The van der Waals surface area contributed by atoms with Gasteiger partial charge < -0.3 is 15.5 Å². The molecule has 3 aliphatic rings. The van der Waals surface area contributed by atoms with E-state index in [-0.39, 0.29) is 6.03 Å². The highest BCUT2D eigenvalue weighted by atomic mass is 16.2. The Balaban J connectivity index is 1.52. The molecule has 120 valence electrons. The molecule has 0 aromatic carbocycles. The number of carbonyl (C=O) groups excluding carboxylic acids is 1. The van der Waals surface area contributed by atoms with Gasteiger partial charge in [0, 0.05) is 24.7 Å². The van der Waals surface area contributed by atoms with Crippen LogP contribution in [-0.4, -0.2) is 42.1 Å². The summed E-state index contributed by atoms with van der Waals surface area (Å²) in [5.74, 6) is 0. The number of carbonyl (C=O) groups is 1. The summed E-state index contributed by atoms with van der Waals surface area (Å²) in [5, 5.41) is 7.10. The van der Waals surface area contributed by atoms with Gasteiger partial charge in [-0.25, -0.2) is 4.79 Å². The predicted octanol–water partition coefficient (Wildman–Crippen LogP) is 3.03. The lowest BCUT2D eigenvalue weighted by atomic mass is 9.75. The van der Waals surface area contributed by atoms with Crippen LogP contribution in [0.5, 0.6) is 0 Å². The van der Waals surface area contributed by atoms with Gasteiger partial charge in [-0.2, -0.15) is 0 Å². The number of amides is 2. The molecule has 3 fully saturated rings. The number of nitrogens with one attached hydrogen (secondary N) is 2. The summed E-state index contributed by atoms with van der Waals surface area (Å²) in [7, 11) is 0. The fourth-order valence-corrected chi connectivity index (χ4v) is 4.43. The van der Waals surface area contributed by atoms with E-state index in [0.717, 1.165) is 32.5 Å². The number of rotatable bonds is 1. The fourth-order valence-electron chi connectivity index (χ4n) is 4.43. The van der Waals surface area contributed by atoms with E-state index >= 15 is 0 Å². The van der Waals surface area contributed by atoms with E-state index in [1.807, 2.05) is 4.90 Å². The van der Waals surface area contributed by atoms with Crippen molar-refractivity contribution >= 4 is 6.03 Å². The van der Waals surface area contributed by atoms with Crippen molar-refractivity contribution in [1.29, 1.82) is 0 Å². The third kappa shape index (κ3) is 3.91. The van der Waals surface area contributed by atoms with Gasteiger partial charge in [0.1, 0.15) is 0 Å². The Labute approximate surface area is 129 Å². The summed E-state index contributed by atoms with van der Waals surface area (Å²) in [6, 6.07) is 0.565. The average Bonchev–Trinajstić information content (AvgIpc) is 2.77. The molecule has 2 saturated heterocycles. The minimum atomic E-state index is 0.190. The van der Waals surface area contributed by atoms with Crippen molar-refractivity contribution in [3.05, 3.63) is 0 Å². The number of hydrogen-bond donors (Lipinski definition) is 2. The molecule has 2 aliphatic heterocycles. The number of piperidine rings is 1. The van der Waals surface area contributed by atoms with Crippen LogP contribution in [0.4, 0.5) is 4.79 Å². The Kier molecular flexibility index (Phi) is 5.04. The maximum Gasteiger partial charge on any atom is 0.317 e. The van der Waals surface area contributed by atoms with Gasteiger partial charge in [0.05, 0.1) is 0 Å². The molecule has 3 rings (SSSR count). The summed E-state index contributed by atoms with van der Waals surface area (Å²) in [6.07, 6.45) is 13.8. The molecule has 1 aliphatic carbocycles. The van der Waals surface area contributed by atoms with E-state index in [9.17, 15) is 4.79 Å². The van der Waals surface area contributed by atoms with Crippen LogP contribution in [0.25, 0.3) is 0 Å². The smallest absolute Gasteiger partial charge is 0.317 e. The van der Waals surface area contributed by atoms with Gasteiger partial charge >= 0.3 is 6.03 Å². The highest BCUT2D eigenvalue weighted by Gasteiger charge is 2.37. The Morgan fingerprint density at radius 2 is 1.67 bits per heavy atom. The van der Waals surface area contributed by atoms with E-state index in [1.165, 1.54) is 57.8 Å². The quantitative estimate of drug-likeness (QED) is 0.780. The third-order valence-electron chi connectivity index (χ3n) is 5.66. The van der Waals surface area contributed by atoms with Crippen LogP contribution in [0.1, 0.15) is 70.6 Å². The van der Waals surface area contributed by atoms with Crippen molar-refractivity contribution in [3.63, 3.8) is 0 Å². The summed E-state index contributed by atoms with van der Waals surface area (Å²) < 4.78 is 0. The minimum absolute atomic E-state index is 0.190. The second-order valence-electron chi connectivity index (χ2n) is 7.31. The van der Waals surface area contributed by atoms with Gasteiger partial charge in [-0.05, 0) is 45.1 Å². The Bertz CT molecular complexity index is 338. The van der Waals surface area contributed by atoms with Crippen molar-refractivity contribution in [1.82, 2.24) is 15.5 Å². The second-order valence-corrected chi connectivity index (χ2v) is 7.31. The first-order valence-electron chi connectivity index (χ1n) is 9.08. The van der Waals surface area contributed by atoms with Gasteiger partial charge in [0.2, 0.25) is 0 Å². The molecule has 21 heavy (non-hydrogen) atoms. The number of hydrogen-bond acceptors (Lipinski definition) is 2. The van der Waals surface area contributed by atoms with E-state index in [1.54, 1.807) is 0 Å². The normalized spacial score (nSPS) is 29.9. The van der Waals surface area contributed by atoms with Crippen LogP contribution in [0.2, 0.25) is 0 Å². The first-order valence-corrected chi connectivity index (χ1v) is 9.08. The monoisotopic (exact) mass is 293 g/mol. The first kappa shape index (κ1) is 15.1. The molecule has 1 saturated carbocycles. The summed E-state index contributed by atoms with van der Waals surface area (Å²) in [5.41, 5.74) is 0.327. The molecule has 0 radical (unpaired) electrons. The standard InChI is InChI=1S/C17H31N3O/c21-16(20-12-6-1-2-7-13-20)19-15-8-11-18-17(14-15)9-4-3-5-10-17/h15,18H,1-14H2,(H,19,21). The van der Waals surface area contributed by atoms with Gasteiger partial charge in [-0.15, -0.1) is 0 Å². The molecule has 1 atom stereocenters. The lowest BCUT2D eigenvalue weighted by Crippen LogP contribution is -2.58. The van der Waals surface area contributed by atoms with Gasteiger partial charge in [-0.3, -0.25) is 0 Å². The molecule has 2 heterocycles. The average molecular weight is 293 g/mol. The Morgan fingerprint density at radius 3 is 2.38 bits per heavy atom. The van der Waals surface area contributed by atoms with Crippen molar-refractivity contribution in [2.45, 2.75) is 82.2 Å². The zero-order chi connectivity index (χ0) is 14.5. The largest absolute Gasteiger partial charge is 0.335 e. The van der Waals surface area contributed by atoms with Crippen LogP contribution in [0.15, 0.2) is 0 Å². The first-order chi connectivity index (χ1) is 10.3. The van der Waals surface area contributed by atoms with Crippen molar-refractivity contribution in [3.8, 4) is 0 Å². The molecular formula is C17H31N3O. The number of likely N-dealkylation sites (tertiary alicyclic amines) is 1. The van der Waals surface area contributed by atoms with Crippen LogP contribution in [0.3, 0.4) is 0 Å². The maximum absolute atomic E-state index is 12.5. The number of urea groups is 1. The van der Waals surface area contributed by atoms with Crippen molar-refractivity contribution in [2.24, 2.45) is 0 Å². The molecule has 0 aromatic heterocycles. The third-order valence-corrected chi connectivity index (χ3v) is 5.66. The Morgan fingerprint density at radius 1 is 1.00 bits per heavy atom. The molecule has 4 heteroatoms. The molecule has 2 amide bonds. The maximum atomic E-state index is 12.5. The zero-order valence-electron chi connectivity index (χ0n) is 13.3. The SMILES string of the molecule is O=C(NC1CCNC2(CCCCC2)C1)N1CCCCCC1. The Hall–Kier alpha value is -0.770. The summed E-state index contributed by atoms with van der Waals surface area (Å²) in [4.78, 5) is 14.5. The molecule has 2 N–H and O–H groups in total. The lowest BCUT2D eigenvalue weighted by molar-refractivity contribution is 0.148. The second kappa shape index (κ2) is 6.99. The van der Waals surface area contributed by atoms with Crippen molar-refractivity contribution in [2.75, 3.05) is 19.6 Å². The van der Waals surface area contributed by atoms with Crippen LogP contribution in [0, 0.1) is 0 Å². The van der Waals surface area contributed by atoms with E-state index in [2.05, 4.69) is 10.6 Å². The van der Waals surface area contributed by atoms with Crippen LogP contribution in [-0.2, 0) is 0 Å². The van der Waals surface area contributed by atoms with E-state index < -0.39 is 0 Å². The van der Waals surface area contributed by atoms with Crippen LogP contribution < -0.4 is 10.6 Å². The molecule has 0 aromatic rings. The van der Waals surface area contributed by atoms with Crippen LogP contribution >= 0.6 is 0 Å². The molecule has 1 unspecified atom stereocenters. The van der Waals surface area contributed by atoms with Gasteiger partial charge in [0.15, 0.2) is 0 Å². The van der Waals surface area contributed by atoms with E-state index in [4.69, 9.17) is 0 Å². The van der Waals surface area contributed by atoms with Crippen molar-refractivity contribution < 1.29 is 4.79 Å². The minimum Gasteiger partial charge on any atom is -0.335 e. The fraction of sp³-hybridized carbons (Fsp3) is 0.941. The van der Waals surface area contributed by atoms with Gasteiger partial charge in [0.25, 0.3) is 0 Å². The highest BCUT2D eigenvalue weighted by Crippen LogP contribution is 2.34. The molecular weight excluding hydrogens is 262 g/mol.